The fourth-order valence-corrected chi connectivity index (χ4v) is 6.76. The average Bonchev–Trinajstić information content (AvgIpc) is 3.47. The first kappa shape index (κ1) is 22.0. The Morgan fingerprint density at radius 1 is 1.00 bits per heavy atom. The van der Waals surface area contributed by atoms with Crippen molar-refractivity contribution < 1.29 is 9.53 Å². The van der Waals surface area contributed by atoms with Crippen molar-refractivity contribution in [1.29, 1.82) is 0 Å². The number of urea groups is 1. The van der Waals surface area contributed by atoms with Gasteiger partial charge in [0.2, 0.25) is 0 Å². The van der Waals surface area contributed by atoms with Crippen molar-refractivity contribution in [3.63, 3.8) is 0 Å². The van der Waals surface area contributed by atoms with E-state index in [2.05, 4.69) is 59.4 Å². The second kappa shape index (κ2) is 8.93. The number of aryl methyl sites for hydroxylation is 2. The lowest BCUT2D eigenvalue weighted by molar-refractivity contribution is 0.194. The fraction of sp³-hybridized carbons (Fsp3) is 0.276. The van der Waals surface area contributed by atoms with Crippen molar-refractivity contribution in [3.05, 3.63) is 99.7 Å². The van der Waals surface area contributed by atoms with E-state index in [1.807, 2.05) is 40.5 Å². The Balaban J connectivity index is 1.46. The highest BCUT2D eigenvalue weighted by Crippen LogP contribution is 2.44. The fourth-order valence-electron chi connectivity index (χ4n) is 5.36. The Morgan fingerprint density at radius 2 is 1.77 bits per heavy atom. The summed E-state index contributed by atoms with van der Waals surface area (Å²) in [5.41, 5.74) is 6.97. The molecule has 1 N–H and O–H groups in total. The highest BCUT2D eigenvalue weighted by atomic mass is 32.1. The van der Waals surface area contributed by atoms with Crippen LogP contribution in [0.4, 0.5) is 10.5 Å². The number of fused-ring (bicyclic) bond motifs is 5. The Labute approximate surface area is 210 Å². The van der Waals surface area contributed by atoms with Crippen molar-refractivity contribution in [3.8, 4) is 10.8 Å². The van der Waals surface area contributed by atoms with E-state index in [0.29, 0.717) is 6.54 Å². The van der Waals surface area contributed by atoms with Crippen LogP contribution in [-0.2, 0) is 19.4 Å². The van der Waals surface area contributed by atoms with Gasteiger partial charge in [-0.1, -0.05) is 29.8 Å². The normalized spacial score (nSPS) is 16.6. The van der Waals surface area contributed by atoms with Crippen molar-refractivity contribution in [2.45, 2.75) is 45.2 Å². The van der Waals surface area contributed by atoms with Gasteiger partial charge in [-0.05, 0) is 80.1 Å². The van der Waals surface area contributed by atoms with E-state index in [0.717, 1.165) is 35.5 Å². The molecule has 3 heterocycles. The standard InChI is InChI=1S/C29H29N3O2S/c1-19-9-11-20(12-10-19)27-25-7-5-17-31(25)28-24(23-6-3-4-8-26(23)35-28)18-32(27)29(33)30-21-13-15-22(34-2)16-14-21/h5,7,9-17,27H,3-4,6,8,18H2,1-2H3,(H,30,33). The second-order valence-electron chi connectivity index (χ2n) is 9.40. The van der Waals surface area contributed by atoms with E-state index in [1.54, 1.807) is 7.11 Å². The molecule has 0 radical (unpaired) electrons. The quantitative estimate of drug-likeness (QED) is 0.346. The number of aromatic nitrogens is 1. The number of rotatable bonds is 3. The van der Waals surface area contributed by atoms with Crippen LogP contribution in [0.3, 0.4) is 0 Å². The predicted octanol–water partition coefficient (Wildman–Crippen LogP) is 6.87. The van der Waals surface area contributed by atoms with E-state index >= 15 is 0 Å². The van der Waals surface area contributed by atoms with E-state index in [-0.39, 0.29) is 12.1 Å². The summed E-state index contributed by atoms with van der Waals surface area (Å²) >= 11 is 1.91. The minimum absolute atomic E-state index is 0.0999. The van der Waals surface area contributed by atoms with Gasteiger partial charge in [-0.2, -0.15) is 0 Å². The van der Waals surface area contributed by atoms with E-state index < -0.39 is 0 Å². The molecule has 0 spiro atoms. The monoisotopic (exact) mass is 483 g/mol. The minimum atomic E-state index is -0.192. The molecule has 35 heavy (non-hydrogen) atoms. The Hall–Kier alpha value is -3.51. The van der Waals surface area contributed by atoms with Crippen molar-refractivity contribution in [1.82, 2.24) is 9.47 Å². The van der Waals surface area contributed by atoms with Gasteiger partial charge < -0.3 is 19.5 Å². The van der Waals surface area contributed by atoms with Gasteiger partial charge in [-0.15, -0.1) is 11.3 Å². The number of carbonyl (C=O) groups excluding carboxylic acids is 1. The second-order valence-corrected chi connectivity index (χ2v) is 10.5. The SMILES string of the molecule is COc1ccc(NC(=O)N2Cc3c(sc4c3CCCC4)-n3cccc3C2c2ccc(C)cc2)cc1. The number of carbonyl (C=O) groups is 1. The van der Waals surface area contributed by atoms with Crippen LogP contribution in [-0.4, -0.2) is 22.6 Å². The molecule has 0 bridgehead atoms. The first-order valence-electron chi connectivity index (χ1n) is 12.2. The molecule has 2 amide bonds. The number of benzene rings is 2. The smallest absolute Gasteiger partial charge is 0.322 e. The first-order chi connectivity index (χ1) is 17.1. The average molecular weight is 484 g/mol. The maximum absolute atomic E-state index is 13.9. The Morgan fingerprint density at radius 3 is 2.54 bits per heavy atom. The molecule has 178 valence electrons. The maximum Gasteiger partial charge on any atom is 0.322 e. The van der Waals surface area contributed by atoms with Gasteiger partial charge in [0.05, 0.1) is 25.4 Å². The highest BCUT2D eigenvalue weighted by Gasteiger charge is 2.36. The molecule has 6 heteroatoms. The molecule has 1 aliphatic carbocycles. The molecule has 6 rings (SSSR count). The van der Waals surface area contributed by atoms with Crippen molar-refractivity contribution in [2.75, 3.05) is 12.4 Å². The summed E-state index contributed by atoms with van der Waals surface area (Å²) in [4.78, 5) is 17.4. The molecule has 0 saturated heterocycles. The molecular formula is C29H29N3O2S. The van der Waals surface area contributed by atoms with Crippen LogP contribution < -0.4 is 10.1 Å². The van der Waals surface area contributed by atoms with Crippen LogP contribution in [0.2, 0.25) is 0 Å². The molecule has 5 nitrogen and oxygen atoms in total. The van der Waals surface area contributed by atoms with Crippen LogP contribution in [0.25, 0.3) is 5.00 Å². The van der Waals surface area contributed by atoms with E-state index in [1.165, 1.54) is 39.4 Å². The third-order valence-electron chi connectivity index (χ3n) is 7.17. The highest BCUT2D eigenvalue weighted by molar-refractivity contribution is 7.15. The van der Waals surface area contributed by atoms with E-state index in [4.69, 9.17) is 4.74 Å². The molecule has 1 aliphatic heterocycles. The number of amides is 2. The largest absolute Gasteiger partial charge is 0.497 e. The van der Waals surface area contributed by atoms with Gasteiger partial charge in [0, 0.05) is 22.3 Å². The van der Waals surface area contributed by atoms with Crippen LogP contribution in [0, 0.1) is 6.92 Å². The molecule has 0 fully saturated rings. The summed E-state index contributed by atoms with van der Waals surface area (Å²) in [5.74, 6) is 0.766. The van der Waals surface area contributed by atoms with Crippen molar-refractivity contribution >= 4 is 23.1 Å². The lowest BCUT2D eigenvalue weighted by atomic mass is 9.95. The maximum atomic E-state index is 13.9. The number of nitrogens with zero attached hydrogens (tertiary/aromatic N) is 2. The number of ether oxygens (including phenoxy) is 1. The zero-order valence-electron chi connectivity index (χ0n) is 20.1. The molecule has 1 unspecified atom stereocenters. The summed E-state index contributed by atoms with van der Waals surface area (Å²) in [6.45, 7) is 2.68. The van der Waals surface area contributed by atoms with Crippen molar-refractivity contribution in [2.24, 2.45) is 0 Å². The molecule has 2 aromatic carbocycles. The third-order valence-corrected chi connectivity index (χ3v) is 8.51. The Bertz CT molecular complexity index is 1370. The zero-order chi connectivity index (χ0) is 23.9. The number of hydrogen-bond acceptors (Lipinski definition) is 3. The zero-order valence-corrected chi connectivity index (χ0v) is 20.9. The summed E-state index contributed by atoms with van der Waals surface area (Å²) in [5, 5.41) is 4.43. The predicted molar refractivity (Wildman–Crippen MR) is 141 cm³/mol. The van der Waals surface area contributed by atoms with Crippen LogP contribution in [0.1, 0.15) is 51.7 Å². The molecule has 4 aromatic rings. The van der Waals surface area contributed by atoms with E-state index in [9.17, 15) is 4.79 Å². The van der Waals surface area contributed by atoms with Gasteiger partial charge in [-0.3, -0.25) is 0 Å². The van der Waals surface area contributed by atoms with Gasteiger partial charge in [0.1, 0.15) is 10.8 Å². The Kier molecular flexibility index (Phi) is 5.61. The lowest BCUT2D eigenvalue weighted by Crippen LogP contribution is -2.38. The van der Waals surface area contributed by atoms with Crippen LogP contribution >= 0.6 is 11.3 Å². The number of nitrogens with one attached hydrogen (secondary N) is 1. The van der Waals surface area contributed by atoms with Gasteiger partial charge in [0.25, 0.3) is 0 Å². The van der Waals surface area contributed by atoms with Gasteiger partial charge in [0.15, 0.2) is 0 Å². The molecule has 2 aromatic heterocycles. The molecule has 2 aliphatic rings. The minimum Gasteiger partial charge on any atom is -0.497 e. The molecule has 1 atom stereocenters. The van der Waals surface area contributed by atoms with Crippen LogP contribution in [0.15, 0.2) is 66.9 Å². The van der Waals surface area contributed by atoms with Crippen LogP contribution in [0.5, 0.6) is 5.75 Å². The third kappa shape index (κ3) is 3.92. The number of methoxy groups -OCH3 is 1. The lowest BCUT2D eigenvalue weighted by Gasteiger charge is -2.31. The summed E-state index contributed by atoms with van der Waals surface area (Å²) in [7, 11) is 1.64. The summed E-state index contributed by atoms with van der Waals surface area (Å²) in [6.07, 6.45) is 6.86. The molecular weight excluding hydrogens is 454 g/mol. The van der Waals surface area contributed by atoms with Gasteiger partial charge >= 0.3 is 6.03 Å². The number of anilines is 1. The summed E-state index contributed by atoms with van der Waals surface area (Å²) in [6, 6.07) is 20.0. The van der Waals surface area contributed by atoms with Gasteiger partial charge in [-0.25, -0.2) is 4.79 Å². The number of hydrogen-bond donors (Lipinski definition) is 1. The molecule has 0 saturated carbocycles. The topological polar surface area (TPSA) is 46.5 Å². The number of thiophene rings is 1. The summed E-state index contributed by atoms with van der Waals surface area (Å²) < 4.78 is 7.60. The first-order valence-corrected chi connectivity index (χ1v) is 13.0.